The molecule has 1 heterocycles. The van der Waals surface area contributed by atoms with Gasteiger partial charge in [0.05, 0.1) is 7.11 Å². The van der Waals surface area contributed by atoms with Crippen LogP contribution in [0.25, 0.3) is 11.1 Å². The summed E-state index contributed by atoms with van der Waals surface area (Å²) >= 11 is 0. The fraction of sp³-hybridized carbons (Fsp3) is 0.484. The van der Waals surface area contributed by atoms with E-state index in [0.717, 1.165) is 49.6 Å². The summed E-state index contributed by atoms with van der Waals surface area (Å²) in [5.41, 5.74) is 7.32. The molecule has 5 rings (SSSR count). The lowest BCUT2D eigenvalue weighted by atomic mass is 9.97. The van der Waals surface area contributed by atoms with E-state index >= 15 is 0 Å². The van der Waals surface area contributed by atoms with E-state index in [1.54, 1.807) is 4.90 Å². The van der Waals surface area contributed by atoms with Gasteiger partial charge in [-0.1, -0.05) is 50.2 Å². The van der Waals surface area contributed by atoms with Gasteiger partial charge in [0.2, 0.25) is 18.2 Å². The summed E-state index contributed by atoms with van der Waals surface area (Å²) in [6, 6.07) is 11.9. The van der Waals surface area contributed by atoms with Crippen LogP contribution in [0.15, 0.2) is 36.4 Å². The minimum absolute atomic E-state index is 0.0282. The van der Waals surface area contributed by atoms with Crippen LogP contribution in [-0.4, -0.2) is 67.0 Å². The highest BCUT2D eigenvalue weighted by atomic mass is 16.5. The average Bonchev–Trinajstić information content (AvgIpc) is 3.67. The maximum absolute atomic E-state index is 13.4. The number of nitrogens with zero attached hydrogens (tertiary/aromatic N) is 1. The van der Waals surface area contributed by atoms with E-state index in [-0.39, 0.29) is 29.8 Å². The van der Waals surface area contributed by atoms with Gasteiger partial charge in [0.25, 0.3) is 0 Å². The number of amides is 4. The quantitative estimate of drug-likeness (QED) is 0.440. The van der Waals surface area contributed by atoms with Crippen LogP contribution < -0.4 is 16.0 Å². The first-order valence-electron chi connectivity index (χ1n) is 14.2. The maximum Gasteiger partial charge on any atom is 0.407 e. The number of methoxy groups -OCH3 is 1. The highest BCUT2D eigenvalue weighted by Crippen LogP contribution is 2.32. The van der Waals surface area contributed by atoms with Crippen molar-refractivity contribution in [1.82, 2.24) is 20.9 Å². The summed E-state index contributed by atoms with van der Waals surface area (Å²) in [6.07, 6.45) is 4.67. The third-order valence-corrected chi connectivity index (χ3v) is 8.49. The molecule has 3 N–H and O–H groups in total. The van der Waals surface area contributed by atoms with Gasteiger partial charge in [-0.15, -0.1) is 0 Å². The van der Waals surface area contributed by atoms with Crippen molar-refractivity contribution < 1.29 is 23.9 Å². The van der Waals surface area contributed by atoms with Crippen molar-refractivity contribution in [3.63, 3.8) is 0 Å². The van der Waals surface area contributed by atoms with Crippen molar-refractivity contribution in [2.24, 2.45) is 5.92 Å². The predicted molar refractivity (Wildman–Crippen MR) is 151 cm³/mol. The van der Waals surface area contributed by atoms with Crippen LogP contribution >= 0.6 is 0 Å². The number of likely N-dealkylation sites (tertiary alicyclic amines) is 1. The number of carbonyl (C=O) groups excluding carboxylic acids is 4. The second kappa shape index (κ2) is 11.7. The molecular weight excluding hydrogens is 508 g/mol. The highest BCUT2D eigenvalue weighted by molar-refractivity contribution is 5.92. The van der Waals surface area contributed by atoms with Gasteiger partial charge in [0.1, 0.15) is 12.1 Å². The second-order valence-electron chi connectivity index (χ2n) is 11.5. The summed E-state index contributed by atoms with van der Waals surface area (Å²) in [6.45, 7) is 4.21. The monoisotopic (exact) mass is 546 g/mol. The van der Waals surface area contributed by atoms with Crippen molar-refractivity contribution in [2.45, 2.75) is 76.5 Å². The number of ether oxygens (including phenoxy) is 1. The molecular formula is C31H38N4O5. The zero-order valence-corrected chi connectivity index (χ0v) is 23.4. The maximum atomic E-state index is 13.4. The fourth-order valence-electron chi connectivity index (χ4n) is 6.39. The third-order valence-electron chi connectivity index (χ3n) is 8.49. The number of hydrogen-bond acceptors (Lipinski definition) is 5. The normalized spacial score (nSPS) is 21.9. The molecule has 0 aromatic heterocycles. The lowest BCUT2D eigenvalue weighted by Gasteiger charge is -2.30. The largest absolute Gasteiger partial charge is 0.453 e. The zero-order chi connectivity index (χ0) is 28.4. The number of hydrogen-bond donors (Lipinski definition) is 3. The van der Waals surface area contributed by atoms with Crippen molar-refractivity contribution in [2.75, 3.05) is 13.7 Å². The molecule has 2 aromatic rings. The Bertz CT molecular complexity index is 1310. The van der Waals surface area contributed by atoms with Crippen molar-refractivity contribution >= 4 is 24.3 Å². The Morgan fingerprint density at radius 2 is 1.52 bits per heavy atom. The van der Waals surface area contributed by atoms with Crippen molar-refractivity contribution in [3.05, 3.63) is 58.7 Å². The van der Waals surface area contributed by atoms with Gasteiger partial charge in [-0.2, -0.15) is 0 Å². The van der Waals surface area contributed by atoms with E-state index in [1.807, 2.05) is 13.8 Å². The number of nitrogens with one attached hydrogen (secondary N) is 3. The molecule has 1 fully saturated rings. The first kappa shape index (κ1) is 27.7. The first-order chi connectivity index (χ1) is 19.3. The minimum Gasteiger partial charge on any atom is -0.453 e. The van der Waals surface area contributed by atoms with Crippen LogP contribution in [0.2, 0.25) is 0 Å². The molecule has 2 aliphatic carbocycles. The zero-order valence-electron chi connectivity index (χ0n) is 23.4. The van der Waals surface area contributed by atoms with Gasteiger partial charge in [0, 0.05) is 18.6 Å². The van der Waals surface area contributed by atoms with Gasteiger partial charge >= 0.3 is 6.09 Å². The molecule has 0 radical (unpaired) electrons. The Hall–Kier alpha value is -3.88. The molecule has 9 nitrogen and oxygen atoms in total. The lowest BCUT2D eigenvalue weighted by molar-refractivity contribution is -0.141. The third kappa shape index (κ3) is 5.69. The molecule has 3 unspecified atom stereocenters. The Morgan fingerprint density at radius 1 is 0.925 bits per heavy atom. The predicted octanol–water partition coefficient (Wildman–Crippen LogP) is 2.52. The molecule has 212 valence electrons. The van der Waals surface area contributed by atoms with Crippen LogP contribution in [0.1, 0.15) is 48.9 Å². The van der Waals surface area contributed by atoms with E-state index < -0.39 is 18.2 Å². The van der Waals surface area contributed by atoms with E-state index in [2.05, 4.69) is 52.3 Å². The summed E-state index contributed by atoms with van der Waals surface area (Å²) in [5, 5.41) is 8.72. The Labute approximate surface area is 235 Å². The second-order valence-corrected chi connectivity index (χ2v) is 11.5. The molecule has 9 heteroatoms. The molecule has 0 spiro atoms. The van der Waals surface area contributed by atoms with Crippen molar-refractivity contribution in [1.29, 1.82) is 0 Å². The molecule has 4 atom stereocenters. The molecule has 40 heavy (non-hydrogen) atoms. The standard InChI is InChI=1S/C31H38N4O5/c1-18(2)28(34-31(39)40-3)30(38)35-10-4-5-27(35)29(37)33-26-14-22-9-7-20(12-24(22)16-26)19-6-8-21-13-25(32-17-36)15-23(21)11-19/h6-9,11-12,17-18,25-28H,4-5,10,13-16H2,1-3H3,(H,32,36)(H,33,37)(H,34,39)/t25?,26?,27-,28?/m0/s1. The number of benzene rings is 2. The Morgan fingerprint density at radius 3 is 2.12 bits per heavy atom. The first-order valence-corrected chi connectivity index (χ1v) is 14.2. The van der Waals surface area contributed by atoms with Gasteiger partial charge in [-0.25, -0.2) is 4.79 Å². The molecule has 0 saturated carbocycles. The molecule has 0 bridgehead atoms. The average molecular weight is 547 g/mol. The van der Waals surface area contributed by atoms with Gasteiger partial charge in [-0.3, -0.25) is 14.4 Å². The molecule has 1 saturated heterocycles. The smallest absolute Gasteiger partial charge is 0.407 e. The Balaban J connectivity index is 1.22. The summed E-state index contributed by atoms with van der Waals surface area (Å²) < 4.78 is 4.69. The lowest BCUT2D eigenvalue weighted by Crippen LogP contribution is -2.56. The highest BCUT2D eigenvalue weighted by Gasteiger charge is 2.39. The number of rotatable bonds is 8. The van der Waals surface area contributed by atoms with Gasteiger partial charge in [-0.05, 0) is 77.8 Å². The fourth-order valence-corrected chi connectivity index (χ4v) is 6.39. The summed E-state index contributed by atoms with van der Waals surface area (Å²) in [5.74, 6) is -0.531. The van der Waals surface area contributed by atoms with Gasteiger partial charge < -0.3 is 25.6 Å². The van der Waals surface area contributed by atoms with Crippen molar-refractivity contribution in [3.8, 4) is 11.1 Å². The van der Waals surface area contributed by atoms with Crippen LogP contribution in [0.3, 0.4) is 0 Å². The minimum atomic E-state index is -0.749. The number of carbonyl (C=O) groups is 4. The van der Waals surface area contributed by atoms with Crippen LogP contribution in [0.4, 0.5) is 4.79 Å². The molecule has 2 aromatic carbocycles. The number of fused-ring (bicyclic) bond motifs is 2. The molecule has 3 aliphatic rings. The van der Waals surface area contributed by atoms with E-state index in [0.29, 0.717) is 13.0 Å². The summed E-state index contributed by atoms with van der Waals surface area (Å²) in [7, 11) is 1.27. The van der Waals surface area contributed by atoms with E-state index in [9.17, 15) is 19.2 Å². The van der Waals surface area contributed by atoms with E-state index in [1.165, 1.54) is 29.4 Å². The summed E-state index contributed by atoms with van der Waals surface area (Å²) in [4.78, 5) is 50.9. The Kier molecular flexibility index (Phi) is 8.09. The van der Waals surface area contributed by atoms with Crippen LogP contribution in [0, 0.1) is 5.92 Å². The molecule has 1 aliphatic heterocycles. The van der Waals surface area contributed by atoms with Crippen LogP contribution in [-0.2, 0) is 44.8 Å². The van der Waals surface area contributed by atoms with E-state index in [4.69, 9.17) is 4.74 Å². The SMILES string of the molecule is COC(=O)NC(C(=O)N1CCC[C@H]1C(=O)NC1Cc2ccc(-c3ccc4c(c3)CC(NC=O)C4)cc2C1)C(C)C. The number of alkyl carbamates (subject to hydrolysis) is 1. The molecule has 4 amide bonds. The van der Waals surface area contributed by atoms with Crippen LogP contribution in [0.5, 0.6) is 0 Å². The van der Waals surface area contributed by atoms with Gasteiger partial charge in [0.15, 0.2) is 0 Å². The topological polar surface area (TPSA) is 117 Å².